The van der Waals surface area contributed by atoms with Crippen LogP contribution >= 0.6 is 0 Å². The van der Waals surface area contributed by atoms with Gasteiger partial charge in [0.25, 0.3) is 5.91 Å². The average molecular weight is 252 g/mol. The van der Waals surface area contributed by atoms with E-state index in [1.54, 1.807) is 6.92 Å². The third kappa shape index (κ3) is 3.22. The molecule has 1 aromatic rings. The first-order valence-electron chi connectivity index (χ1n) is 6.23. The molecule has 100 valence electrons. The molecular weight excluding hydrogens is 231 g/mol. The van der Waals surface area contributed by atoms with Gasteiger partial charge in [0.15, 0.2) is 0 Å². The minimum atomic E-state index is -0.500. The summed E-state index contributed by atoms with van der Waals surface area (Å²) in [7, 11) is 0. The van der Waals surface area contributed by atoms with Crippen LogP contribution in [0.3, 0.4) is 0 Å². The second-order valence-corrected chi connectivity index (χ2v) is 4.93. The summed E-state index contributed by atoms with van der Waals surface area (Å²) in [6.07, 6.45) is 0.812. The molecule has 18 heavy (non-hydrogen) atoms. The molecule has 1 rings (SSSR count). The van der Waals surface area contributed by atoms with Gasteiger partial charge in [0.2, 0.25) is 0 Å². The molecule has 0 fully saturated rings. The lowest BCUT2D eigenvalue weighted by Crippen LogP contribution is -2.38. The van der Waals surface area contributed by atoms with Crippen molar-refractivity contribution < 1.29 is 9.18 Å². The number of nitrogens with one attached hydrogen (secondary N) is 1. The van der Waals surface area contributed by atoms with Crippen molar-refractivity contribution in [2.75, 3.05) is 5.73 Å². The lowest BCUT2D eigenvalue weighted by molar-refractivity contribution is 0.0920. The molecule has 0 aliphatic carbocycles. The fraction of sp³-hybridized carbons (Fsp3) is 0.500. The SMILES string of the molecule is CCC(NC(=O)c1cc(N)cc(C)c1F)C(C)C. The van der Waals surface area contributed by atoms with Crippen molar-refractivity contribution in [3.05, 3.63) is 29.1 Å². The molecule has 0 spiro atoms. The predicted octanol–water partition coefficient (Wildman–Crippen LogP) is 2.88. The summed E-state index contributed by atoms with van der Waals surface area (Å²) in [5.74, 6) is -0.590. The van der Waals surface area contributed by atoms with Crippen LogP contribution in [0, 0.1) is 18.7 Å². The van der Waals surface area contributed by atoms with Gasteiger partial charge in [-0.05, 0) is 37.0 Å². The molecule has 1 aromatic carbocycles. The van der Waals surface area contributed by atoms with Gasteiger partial charge in [0, 0.05) is 11.7 Å². The van der Waals surface area contributed by atoms with E-state index in [-0.39, 0.29) is 11.6 Å². The standard InChI is InChI=1S/C14H21FN2O/c1-5-12(8(2)3)17-14(18)11-7-10(16)6-9(4)13(11)15/h6-8,12H,5,16H2,1-4H3,(H,17,18). The lowest BCUT2D eigenvalue weighted by Gasteiger charge is -2.21. The summed E-state index contributed by atoms with van der Waals surface area (Å²) in [6, 6.07) is 2.94. The highest BCUT2D eigenvalue weighted by Gasteiger charge is 2.19. The van der Waals surface area contributed by atoms with Gasteiger partial charge >= 0.3 is 0 Å². The van der Waals surface area contributed by atoms with E-state index in [0.717, 1.165) is 6.42 Å². The van der Waals surface area contributed by atoms with Gasteiger partial charge in [-0.15, -0.1) is 0 Å². The number of rotatable bonds is 4. The molecule has 0 bridgehead atoms. The van der Waals surface area contributed by atoms with E-state index >= 15 is 0 Å². The average Bonchev–Trinajstić information content (AvgIpc) is 2.29. The Balaban J connectivity index is 2.97. The van der Waals surface area contributed by atoms with E-state index in [1.165, 1.54) is 12.1 Å². The van der Waals surface area contributed by atoms with E-state index < -0.39 is 11.7 Å². The highest BCUT2D eigenvalue weighted by molar-refractivity contribution is 5.95. The molecule has 0 aliphatic heterocycles. The van der Waals surface area contributed by atoms with Gasteiger partial charge < -0.3 is 11.1 Å². The monoisotopic (exact) mass is 252 g/mol. The van der Waals surface area contributed by atoms with Crippen LogP contribution in [0.1, 0.15) is 43.1 Å². The van der Waals surface area contributed by atoms with Gasteiger partial charge in [0.1, 0.15) is 5.82 Å². The van der Waals surface area contributed by atoms with Gasteiger partial charge in [-0.2, -0.15) is 0 Å². The molecule has 0 saturated carbocycles. The Morgan fingerprint density at radius 2 is 2.06 bits per heavy atom. The molecule has 0 radical (unpaired) electrons. The van der Waals surface area contributed by atoms with E-state index in [9.17, 15) is 9.18 Å². The Kier molecular flexibility index (Phi) is 4.70. The van der Waals surface area contributed by atoms with Crippen molar-refractivity contribution in [1.82, 2.24) is 5.32 Å². The first kappa shape index (κ1) is 14.5. The molecule has 0 heterocycles. The number of amides is 1. The van der Waals surface area contributed by atoms with Gasteiger partial charge in [-0.3, -0.25) is 4.79 Å². The summed E-state index contributed by atoms with van der Waals surface area (Å²) in [4.78, 5) is 12.0. The van der Waals surface area contributed by atoms with Crippen molar-refractivity contribution in [2.45, 2.75) is 40.2 Å². The summed E-state index contributed by atoms with van der Waals surface area (Å²) < 4.78 is 13.9. The fourth-order valence-corrected chi connectivity index (χ4v) is 1.95. The number of nitrogen functional groups attached to an aromatic ring is 1. The molecule has 0 saturated heterocycles. The largest absolute Gasteiger partial charge is 0.399 e. The number of hydrogen-bond acceptors (Lipinski definition) is 2. The number of carbonyl (C=O) groups excluding carboxylic acids is 1. The van der Waals surface area contributed by atoms with Crippen molar-refractivity contribution >= 4 is 11.6 Å². The van der Waals surface area contributed by atoms with Gasteiger partial charge in [0.05, 0.1) is 5.56 Å². The summed E-state index contributed by atoms with van der Waals surface area (Å²) >= 11 is 0. The maximum atomic E-state index is 13.9. The predicted molar refractivity (Wildman–Crippen MR) is 71.9 cm³/mol. The number of aryl methyl sites for hydroxylation is 1. The number of nitrogens with two attached hydrogens (primary N) is 1. The van der Waals surface area contributed by atoms with Gasteiger partial charge in [-0.1, -0.05) is 20.8 Å². The Morgan fingerprint density at radius 3 is 2.56 bits per heavy atom. The lowest BCUT2D eigenvalue weighted by atomic mass is 10.0. The fourth-order valence-electron chi connectivity index (χ4n) is 1.95. The van der Waals surface area contributed by atoms with E-state index in [0.29, 0.717) is 17.2 Å². The first-order valence-corrected chi connectivity index (χ1v) is 6.23. The summed E-state index contributed by atoms with van der Waals surface area (Å²) in [5.41, 5.74) is 6.45. The van der Waals surface area contributed by atoms with Crippen LogP contribution in [-0.4, -0.2) is 11.9 Å². The minimum Gasteiger partial charge on any atom is -0.399 e. The number of benzene rings is 1. The zero-order valence-corrected chi connectivity index (χ0v) is 11.4. The van der Waals surface area contributed by atoms with Crippen molar-refractivity contribution in [1.29, 1.82) is 0 Å². The zero-order valence-electron chi connectivity index (χ0n) is 11.4. The highest BCUT2D eigenvalue weighted by Crippen LogP contribution is 2.18. The Hall–Kier alpha value is -1.58. The number of halogens is 1. The molecule has 1 atom stereocenters. The quantitative estimate of drug-likeness (QED) is 0.809. The number of hydrogen-bond donors (Lipinski definition) is 2. The minimum absolute atomic E-state index is 0.0200. The molecule has 4 heteroatoms. The number of anilines is 1. The van der Waals surface area contributed by atoms with Crippen LogP contribution in [0.25, 0.3) is 0 Å². The zero-order chi connectivity index (χ0) is 13.9. The molecule has 0 aromatic heterocycles. The molecule has 1 amide bonds. The van der Waals surface area contributed by atoms with Crippen LogP contribution in [0.15, 0.2) is 12.1 Å². The van der Waals surface area contributed by atoms with Crippen LogP contribution in [0.5, 0.6) is 0 Å². The topological polar surface area (TPSA) is 55.1 Å². The Labute approximate surface area is 108 Å². The van der Waals surface area contributed by atoms with Crippen molar-refractivity contribution in [2.24, 2.45) is 5.92 Å². The summed E-state index contributed by atoms with van der Waals surface area (Å²) in [6.45, 7) is 7.64. The molecule has 3 nitrogen and oxygen atoms in total. The van der Waals surface area contributed by atoms with Crippen LogP contribution in [0.2, 0.25) is 0 Å². The van der Waals surface area contributed by atoms with Crippen LogP contribution in [0.4, 0.5) is 10.1 Å². The molecular formula is C14H21FN2O. The van der Waals surface area contributed by atoms with Crippen molar-refractivity contribution in [3.63, 3.8) is 0 Å². The second kappa shape index (κ2) is 5.85. The van der Waals surface area contributed by atoms with Crippen molar-refractivity contribution in [3.8, 4) is 0 Å². The molecule has 1 unspecified atom stereocenters. The Morgan fingerprint density at radius 1 is 1.44 bits per heavy atom. The summed E-state index contributed by atoms with van der Waals surface area (Å²) in [5, 5.41) is 2.84. The number of carbonyl (C=O) groups is 1. The molecule has 0 aliphatic rings. The van der Waals surface area contributed by atoms with E-state index in [4.69, 9.17) is 5.73 Å². The first-order chi connectivity index (χ1) is 8.36. The Bertz CT molecular complexity index is 444. The third-order valence-electron chi connectivity index (χ3n) is 3.08. The normalized spacial score (nSPS) is 12.6. The van der Waals surface area contributed by atoms with Gasteiger partial charge in [-0.25, -0.2) is 4.39 Å². The maximum absolute atomic E-state index is 13.9. The van der Waals surface area contributed by atoms with Crippen LogP contribution in [-0.2, 0) is 0 Å². The molecule has 3 N–H and O–H groups in total. The van der Waals surface area contributed by atoms with Crippen LogP contribution < -0.4 is 11.1 Å². The smallest absolute Gasteiger partial charge is 0.254 e. The van der Waals surface area contributed by atoms with E-state index in [2.05, 4.69) is 5.32 Å². The van der Waals surface area contributed by atoms with E-state index in [1.807, 2.05) is 20.8 Å². The second-order valence-electron chi connectivity index (χ2n) is 4.93. The third-order valence-corrected chi connectivity index (χ3v) is 3.08. The highest BCUT2D eigenvalue weighted by atomic mass is 19.1. The maximum Gasteiger partial charge on any atom is 0.254 e.